The molecule has 0 fully saturated rings. The van der Waals surface area contributed by atoms with Crippen LogP contribution in [0.5, 0.6) is 5.75 Å². The average molecular weight is 317 g/mol. The zero-order valence-electron chi connectivity index (χ0n) is 11.6. The smallest absolute Gasteiger partial charge is 0.204 e. The fourth-order valence-electron chi connectivity index (χ4n) is 2.16. The summed E-state index contributed by atoms with van der Waals surface area (Å²) in [6.45, 7) is 2.63. The molecule has 2 aromatic heterocycles. The van der Waals surface area contributed by atoms with Crippen molar-refractivity contribution in [2.24, 2.45) is 5.73 Å². The second-order valence-electron chi connectivity index (χ2n) is 4.63. The van der Waals surface area contributed by atoms with Crippen LogP contribution >= 0.6 is 23.6 Å². The molecule has 0 unspecified atom stereocenters. The number of para-hydroxylation sites is 1. The summed E-state index contributed by atoms with van der Waals surface area (Å²) in [6.07, 6.45) is 1.04. The highest BCUT2D eigenvalue weighted by Crippen LogP contribution is 2.34. The number of hydrogen-bond donors (Lipinski definition) is 1. The van der Waals surface area contributed by atoms with Gasteiger partial charge in [0, 0.05) is 9.75 Å². The predicted octanol–water partition coefficient (Wildman–Crippen LogP) is 4.27. The molecule has 0 saturated carbocycles. The van der Waals surface area contributed by atoms with E-state index in [0.29, 0.717) is 18.1 Å². The molecule has 0 spiro atoms. The summed E-state index contributed by atoms with van der Waals surface area (Å²) in [5.41, 5.74) is 6.47. The molecule has 0 aliphatic carbocycles. The maximum absolute atomic E-state index is 5.94. The van der Waals surface area contributed by atoms with Crippen LogP contribution in [0.15, 0.2) is 40.8 Å². The van der Waals surface area contributed by atoms with Crippen molar-refractivity contribution in [3.63, 3.8) is 0 Å². The van der Waals surface area contributed by atoms with Gasteiger partial charge in [0.2, 0.25) is 5.76 Å². The Morgan fingerprint density at radius 2 is 2.00 bits per heavy atom. The second-order valence-corrected chi connectivity index (χ2v) is 6.32. The lowest BCUT2D eigenvalue weighted by Crippen LogP contribution is -2.10. The van der Waals surface area contributed by atoms with Gasteiger partial charge < -0.3 is 14.9 Å². The normalized spacial score (nSPS) is 10.9. The van der Waals surface area contributed by atoms with Crippen LogP contribution in [0, 0.1) is 0 Å². The first-order chi connectivity index (χ1) is 10.2. The number of furan rings is 1. The van der Waals surface area contributed by atoms with E-state index in [1.807, 2.05) is 24.3 Å². The van der Waals surface area contributed by atoms with E-state index in [4.69, 9.17) is 27.1 Å². The number of ether oxygens (including phenoxy) is 1. The van der Waals surface area contributed by atoms with Crippen molar-refractivity contribution >= 4 is 39.5 Å². The molecule has 5 heteroatoms. The van der Waals surface area contributed by atoms with E-state index in [9.17, 15) is 0 Å². The van der Waals surface area contributed by atoms with E-state index >= 15 is 0 Å². The SMILES string of the molecule is CCc1ccc(COc2c(C(N)=S)oc3ccccc23)s1. The maximum Gasteiger partial charge on any atom is 0.204 e. The Kier molecular flexibility index (Phi) is 3.94. The second kappa shape index (κ2) is 5.87. The maximum atomic E-state index is 5.94. The van der Waals surface area contributed by atoms with E-state index in [2.05, 4.69) is 19.1 Å². The Morgan fingerprint density at radius 3 is 2.71 bits per heavy atom. The third-order valence-corrected chi connectivity index (χ3v) is 4.59. The zero-order valence-corrected chi connectivity index (χ0v) is 13.2. The van der Waals surface area contributed by atoms with Crippen LogP contribution < -0.4 is 10.5 Å². The molecule has 0 bridgehead atoms. The van der Waals surface area contributed by atoms with Gasteiger partial charge in [-0.2, -0.15) is 0 Å². The lowest BCUT2D eigenvalue weighted by Gasteiger charge is -2.04. The first kappa shape index (κ1) is 14.1. The quantitative estimate of drug-likeness (QED) is 0.714. The van der Waals surface area contributed by atoms with Crippen LogP contribution in [-0.4, -0.2) is 4.99 Å². The number of benzene rings is 1. The molecular formula is C16H15NO2S2. The Hall–Kier alpha value is -1.85. The molecule has 2 N–H and O–H groups in total. The Balaban J connectivity index is 1.91. The van der Waals surface area contributed by atoms with Crippen LogP contribution in [0.25, 0.3) is 11.0 Å². The zero-order chi connectivity index (χ0) is 14.8. The van der Waals surface area contributed by atoms with Crippen LogP contribution in [-0.2, 0) is 13.0 Å². The molecule has 0 radical (unpaired) electrons. The van der Waals surface area contributed by atoms with Gasteiger partial charge in [-0.15, -0.1) is 11.3 Å². The highest BCUT2D eigenvalue weighted by atomic mass is 32.1. The van der Waals surface area contributed by atoms with Crippen LogP contribution in [0.3, 0.4) is 0 Å². The molecule has 108 valence electrons. The summed E-state index contributed by atoms with van der Waals surface area (Å²) in [6, 6.07) is 11.9. The third kappa shape index (κ3) is 2.80. The summed E-state index contributed by atoms with van der Waals surface area (Å²) >= 11 is 6.81. The molecule has 0 aliphatic rings. The van der Waals surface area contributed by atoms with Gasteiger partial charge in [-0.05, 0) is 30.7 Å². The summed E-state index contributed by atoms with van der Waals surface area (Å²) in [5, 5.41) is 0.896. The van der Waals surface area contributed by atoms with Crippen molar-refractivity contribution in [3.8, 4) is 5.75 Å². The highest BCUT2D eigenvalue weighted by molar-refractivity contribution is 7.80. The van der Waals surface area contributed by atoms with Crippen molar-refractivity contribution in [2.75, 3.05) is 0 Å². The minimum atomic E-state index is 0.210. The van der Waals surface area contributed by atoms with Gasteiger partial charge >= 0.3 is 0 Å². The Labute approximate surface area is 132 Å². The summed E-state index contributed by atoms with van der Waals surface area (Å²) in [7, 11) is 0. The van der Waals surface area contributed by atoms with Crippen molar-refractivity contribution in [3.05, 3.63) is 51.9 Å². The summed E-state index contributed by atoms with van der Waals surface area (Å²) in [5.74, 6) is 1.07. The van der Waals surface area contributed by atoms with Crippen LogP contribution in [0.1, 0.15) is 22.4 Å². The number of thiocarbonyl (C=S) groups is 1. The number of nitrogens with two attached hydrogens (primary N) is 1. The molecular weight excluding hydrogens is 302 g/mol. The number of thiophene rings is 1. The van der Waals surface area contributed by atoms with Gasteiger partial charge in [-0.3, -0.25) is 0 Å². The fraction of sp³-hybridized carbons (Fsp3) is 0.188. The van der Waals surface area contributed by atoms with Crippen molar-refractivity contribution in [1.82, 2.24) is 0 Å². The minimum Gasteiger partial charge on any atom is -0.483 e. The van der Waals surface area contributed by atoms with Crippen molar-refractivity contribution in [2.45, 2.75) is 20.0 Å². The first-order valence-electron chi connectivity index (χ1n) is 6.70. The summed E-state index contributed by atoms with van der Waals surface area (Å²) < 4.78 is 11.6. The van der Waals surface area contributed by atoms with Gasteiger partial charge in [0.1, 0.15) is 17.2 Å². The van der Waals surface area contributed by atoms with E-state index in [1.54, 1.807) is 11.3 Å². The molecule has 0 atom stereocenters. The number of fused-ring (bicyclic) bond motifs is 1. The van der Waals surface area contributed by atoms with E-state index in [1.165, 1.54) is 9.75 Å². The molecule has 0 saturated heterocycles. The topological polar surface area (TPSA) is 48.4 Å². The molecule has 3 rings (SSSR count). The standard InChI is InChI=1S/C16H15NO2S2/c1-2-10-7-8-11(21-10)9-18-14-12-5-3-4-6-13(12)19-15(14)16(17)20/h3-8H,2,9H2,1H3,(H2,17,20). The number of hydrogen-bond acceptors (Lipinski definition) is 4. The van der Waals surface area contributed by atoms with E-state index in [-0.39, 0.29) is 4.99 Å². The van der Waals surface area contributed by atoms with E-state index < -0.39 is 0 Å². The monoisotopic (exact) mass is 317 g/mol. The van der Waals surface area contributed by atoms with Crippen molar-refractivity contribution in [1.29, 1.82) is 0 Å². The van der Waals surface area contributed by atoms with Crippen molar-refractivity contribution < 1.29 is 9.15 Å². The molecule has 1 aromatic carbocycles. The number of rotatable bonds is 5. The Bertz CT molecular complexity index is 789. The number of aryl methyl sites for hydroxylation is 1. The van der Waals surface area contributed by atoms with Gasteiger partial charge in [-0.1, -0.05) is 31.3 Å². The van der Waals surface area contributed by atoms with E-state index in [0.717, 1.165) is 17.4 Å². The summed E-state index contributed by atoms with van der Waals surface area (Å²) in [4.78, 5) is 2.73. The first-order valence-corrected chi connectivity index (χ1v) is 7.93. The van der Waals surface area contributed by atoms with Crippen LogP contribution in [0.2, 0.25) is 0 Å². The van der Waals surface area contributed by atoms with Gasteiger partial charge in [0.25, 0.3) is 0 Å². The highest BCUT2D eigenvalue weighted by Gasteiger charge is 2.17. The third-order valence-electron chi connectivity index (χ3n) is 3.20. The molecule has 0 amide bonds. The lowest BCUT2D eigenvalue weighted by atomic mass is 10.2. The Morgan fingerprint density at radius 1 is 1.24 bits per heavy atom. The molecule has 21 heavy (non-hydrogen) atoms. The molecule has 3 nitrogen and oxygen atoms in total. The lowest BCUT2D eigenvalue weighted by molar-refractivity contribution is 0.308. The molecule has 0 aliphatic heterocycles. The average Bonchev–Trinajstić information content (AvgIpc) is 3.09. The minimum absolute atomic E-state index is 0.210. The molecule has 2 heterocycles. The predicted molar refractivity (Wildman–Crippen MR) is 90.1 cm³/mol. The molecule has 3 aromatic rings. The van der Waals surface area contributed by atoms with Crippen LogP contribution in [0.4, 0.5) is 0 Å². The van der Waals surface area contributed by atoms with Gasteiger partial charge in [0.15, 0.2) is 5.75 Å². The largest absolute Gasteiger partial charge is 0.483 e. The fourth-order valence-corrected chi connectivity index (χ4v) is 3.17. The van der Waals surface area contributed by atoms with Gasteiger partial charge in [-0.25, -0.2) is 0 Å². The van der Waals surface area contributed by atoms with Gasteiger partial charge in [0.05, 0.1) is 5.39 Å².